The van der Waals surface area contributed by atoms with E-state index in [9.17, 15) is 14.3 Å². The van der Waals surface area contributed by atoms with Crippen LogP contribution in [0, 0.1) is 11.2 Å². The van der Waals surface area contributed by atoms with Crippen molar-refractivity contribution in [1.29, 1.82) is 0 Å². The van der Waals surface area contributed by atoms with Crippen LogP contribution < -0.4 is 0 Å². The maximum Gasteiger partial charge on any atom is 0.309 e. The summed E-state index contributed by atoms with van der Waals surface area (Å²) in [5.41, 5.74) is 1.35. The number of benzene rings is 1. The van der Waals surface area contributed by atoms with Crippen LogP contribution in [0.5, 0.6) is 0 Å². The Labute approximate surface area is 127 Å². The van der Waals surface area contributed by atoms with E-state index in [1.165, 1.54) is 6.07 Å². The van der Waals surface area contributed by atoms with Gasteiger partial charge in [-0.25, -0.2) is 9.37 Å². The fourth-order valence-corrected chi connectivity index (χ4v) is 2.16. The average Bonchev–Trinajstić information content (AvgIpc) is 2.41. The SMILES string of the molecule is CC(C)(Cc1cccc(-c2ccc(F)c(Cl)n2)c1)C(=O)O. The van der Waals surface area contributed by atoms with Crippen molar-refractivity contribution < 1.29 is 14.3 Å². The first-order chi connectivity index (χ1) is 9.79. The van der Waals surface area contributed by atoms with Crippen molar-refractivity contribution in [3.8, 4) is 11.3 Å². The van der Waals surface area contributed by atoms with Crippen molar-refractivity contribution in [3.05, 3.63) is 52.9 Å². The molecule has 0 radical (unpaired) electrons. The number of carbonyl (C=O) groups is 1. The normalized spacial score (nSPS) is 11.4. The second-order valence-electron chi connectivity index (χ2n) is 5.54. The van der Waals surface area contributed by atoms with Crippen LogP contribution in [0.3, 0.4) is 0 Å². The quantitative estimate of drug-likeness (QED) is 0.861. The van der Waals surface area contributed by atoms with E-state index in [1.807, 2.05) is 24.3 Å². The van der Waals surface area contributed by atoms with Crippen molar-refractivity contribution in [3.63, 3.8) is 0 Å². The summed E-state index contributed by atoms with van der Waals surface area (Å²) in [6.07, 6.45) is 0.394. The average molecular weight is 308 g/mol. The molecular weight excluding hydrogens is 293 g/mol. The number of aliphatic carboxylic acids is 1. The molecule has 2 rings (SSSR count). The summed E-state index contributed by atoms with van der Waals surface area (Å²) in [5, 5.41) is 9.01. The highest BCUT2D eigenvalue weighted by atomic mass is 35.5. The molecule has 1 aromatic heterocycles. The third-order valence-corrected chi connectivity index (χ3v) is 3.52. The van der Waals surface area contributed by atoms with Gasteiger partial charge in [-0.2, -0.15) is 0 Å². The number of hydrogen-bond acceptors (Lipinski definition) is 2. The maximum absolute atomic E-state index is 13.1. The summed E-state index contributed by atoms with van der Waals surface area (Å²) < 4.78 is 13.1. The van der Waals surface area contributed by atoms with Crippen LogP contribution in [0.1, 0.15) is 19.4 Å². The number of carboxylic acid groups (broad SMARTS) is 1. The second kappa shape index (κ2) is 5.82. The van der Waals surface area contributed by atoms with E-state index in [4.69, 9.17) is 11.6 Å². The van der Waals surface area contributed by atoms with E-state index in [1.54, 1.807) is 19.9 Å². The molecule has 0 aliphatic carbocycles. The molecule has 0 fully saturated rings. The summed E-state index contributed by atoms with van der Waals surface area (Å²) >= 11 is 5.69. The number of pyridine rings is 1. The van der Waals surface area contributed by atoms with Gasteiger partial charge >= 0.3 is 5.97 Å². The molecular formula is C16H15ClFNO2. The fourth-order valence-electron chi connectivity index (χ4n) is 2.00. The molecule has 2 aromatic rings. The van der Waals surface area contributed by atoms with Gasteiger partial charge in [0.25, 0.3) is 0 Å². The summed E-state index contributed by atoms with van der Waals surface area (Å²) in [4.78, 5) is 15.2. The first-order valence-corrected chi connectivity index (χ1v) is 6.82. The third kappa shape index (κ3) is 3.58. The first kappa shape index (κ1) is 15.4. The lowest BCUT2D eigenvalue weighted by Crippen LogP contribution is -2.26. The molecule has 0 saturated carbocycles. The Morgan fingerprint density at radius 2 is 2.05 bits per heavy atom. The molecule has 1 heterocycles. The Morgan fingerprint density at radius 1 is 1.33 bits per heavy atom. The standard InChI is InChI=1S/C16H15ClFNO2/c1-16(2,15(20)21)9-10-4-3-5-11(8-10)13-7-6-12(18)14(17)19-13/h3-8H,9H2,1-2H3,(H,20,21). The van der Waals surface area contributed by atoms with Gasteiger partial charge in [-0.05, 0) is 44.0 Å². The molecule has 0 bridgehead atoms. The zero-order chi connectivity index (χ0) is 15.6. The van der Waals surface area contributed by atoms with E-state index in [-0.39, 0.29) is 5.15 Å². The van der Waals surface area contributed by atoms with Gasteiger partial charge in [0, 0.05) is 5.56 Å². The fraction of sp³-hybridized carbons (Fsp3) is 0.250. The number of carboxylic acids is 1. The molecule has 0 aliphatic rings. The monoisotopic (exact) mass is 307 g/mol. The maximum atomic E-state index is 13.1. The van der Waals surface area contributed by atoms with Gasteiger partial charge in [0.2, 0.25) is 0 Å². The van der Waals surface area contributed by atoms with Gasteiger partial charge in [0.15, 0.2) is 11.0 Å². The highest BCUT2D eigenvalue weighted by Gasteiger charge is 2.27. The molecule has 21 heavy (non-hydrogen) atoms. The van der Waals surface area contributed by atoms with E-state index in [0.29, 0.717) is 12.1 Å². The number of aromatic nitrogens is 1. The second-order valence-corrected chi connectivity index (χ2v) is 5.89. The molecule has 110 valence electrons. The minimum Gasteiger partial charge on any atom is -0.481 e. The van der Waals surface area contributed by atoms with Crippen LogP contribution in [-0.4, -0.2) is 16.1 Å². The van der Waals surface area contributed by atoms with Gasteiger partial charge < -0.3 is 5.11 Å². The van der Waals surface area contributed by atoms with Crippen molar-refractivity contribution in [2.24, 2.45) is 5.41 Å². The smallest absolute Gasteiger partial charge is 0.309 e. The topological polar surface area (TPSA) is 50.2 Å². The van der Waals surface area contributed by atoms with Gasteiger partial charge in [-0.15, -0.1) is 0 Å². The lowest BCUT2D eigenvalue weighted by molar-refractivity contribution is -0.146. The van der Waals surface area contributed by atoms with Gasteiger partial charge in [-0.1, -0.05) is 29.8 Å². The lowest BCUT2D eigenvalue weighted by atomic mass is 9.85. The lowest BCUT2D eigenvalue weighted by Gasteiger charge is -2.19. The van der Waals surface area contributed by atoms with Crippen molar-refractivity contribution >= 4 is 17.6 Å². The van der Waals surface area contributed by atoms with Crippen molar-refractivity contribution in [2.75, 3.05) is 0 Å². The predicted octanol–water partition coefficient (Wildman–Crippen LogP) is 4.19. The molecule has 1 N–H and O–H groups in total. The number of halogens is 2. The van der Waals surface area contributed by atoms with Crippen LogP contribution >= 0.6 is 11.6 Å². The van der Waals surface area contributed by atoms with Crippen molar-refractivity contribution in [1.82, 2.24) is 4.98 Å². The van der Waals surface area contributed by atoms with Gasteiger partial charge in [-0.3, -0.25) is 4.79 Å². The highest BCUT2D eigenvalue weighted by molar-refractivity contribution is 6.29. The molecule has 0 spiro atoms. The zero-order valence-electron chi connectivity index (χ0n) is 11.7. The minimum absolute atomic E-state index is 0.177. The van der Waals surface area contributed by atoms with E-state index in [2.05, 4.69) is 4.98 Å². The Hall–Kier alpha value is -1.94. The molecule has 5 heteroatoms. The molecule has 0 unspecified atom stereocenters. The predicted molar refractivity (Wildman–Crippen MR) is 79.8 cm³/mol. The van der Waals surface area contributed by atoms with Crippen LogP contribution in [0.15, 0.2) is 36.4 Å². The van der Waals surface area contributed by atoms with E-state index in [0.717, 1.165) is 11.1 Å². The number of hydrogen-bond donors (Lipinski definition) is 1. The van der Waals surface area contributed by atoms with E-state index >= 15 is 0 Å². The molecule has 1 aromatic carbocycles. The summed E-state index contributed by atoms with van der Waals surface area (Å²) in [5.74, 6) is -1.42. The third-order valence-electron chi connectivity index (χ3n) is 3.25. The molecule has 3 nitrogen and oxygen atoms in total. The summed E-state index contributed by atoms with van der Waals surface area (Å²) in [6, 6.07) is 10.2. The van der Waals surface area contributed by atoms with Crippen LogP contribution in [0.2, 0.25) is 5.15 Å². The molecule has 0 atom stereocenters. The minimum atomic E-state index is -0.855. The van der Waals surface area contributed by atoms with Crippen molar-refractivity contribution in [2.45, 2.75) is 20.3 Å². The highest BCUT2D eigenvalue weighted by Crippen LogP contribution is 2.26. The number of rotatable bonds is 4. The Kier molecular flexibility index (Phi) is 4.28. The Balaban J connectivity index is 2.33. The summed E-state index contributed by atoms with van der Waals surface area (Å²) in [6.45, 7) is 3.35. The van der Waals surface area contributed by atoms with E-state index < -0.39 is 17.2 Å². The van der Waals surface area contributed by atoms with Crippen LogP contribution in [0.4, 0.5) is 4.39 Å². The Bertz CT molecular complexity index is 686. The largest absolute Gasteiger partial charge is 0.481 e. The number of nitrogens with zero attached hydrogens (tertiary/aromatic N) is 1. The molecule has 0 aliphatic heterocycles. The van der Waals surface area contributed by atoms with Gasteiger partial charge in [0.05, 0.1) is 11.1 Å². The zero-order valence-corrected chi connectivity index (χ0v) is 12.5. The summed E-state index contributed by atoms with van der Waals surface area (Å²) in [7, 11) is 0. The first-order valence-electron chi connectivity index (χ1n) is 6.44. The molecule has 0 amide bonds. The molecule has 0 saturated heterocycles. The van der Waals surface area contributed by atoms with Crippen LogP contribution in [-0.2, 0) is 11.2 Å². The Morgan fingerprint density at radius 3 is 2.67 bits per heavy atom. The van der Waals surface area contributed by atoms with Crippen LogP contribution in [0.25, 0.3) is 11.3 Å². The van der Waals surface area contributed by atoms with Gasteiger partial charge in [0.1, 0.15) is 0 Å².